The highest BCUT2D eigenvalue weighted by Crippen LogP contribution is 2.39. The molecule has 1 saturated heterocycles. The molecule has 0 unspecified atom stereocenters. The average Bonchev–Trinajstić information content (AvgIpc) is 3.29. The Hall–Kier alpha value is -2.69. The molecule has 1 saturated carbocycles. The summed E-state index contributed by atoms with van der Waals surface area (Å²) >= 11 is 1.71. The number of carbonyl (C=O) groups excluding carboxylic acids is 1. The number of anilines is 1. The molecule has 4 rings (SSSR count). The van der Waals surface area contributed by atoms with Crippen molar-refractivity contribution in [1.29, 1.82) is 0 Å². The van der Waals surface area contributed by atoms with Gasteiger partial charge in [-0.25, -0.2) is 14.6 Å². The van der Waals surface area contributed by atoms with Crippen LogP contribution in [0.5, 0.6) is 0 Å². The zero-order valence-electron chi connectivity index (χ0n) is 20.3. The number of morpholine rings is 1. The number of nitrogens with one attached hydrogen (secondary N) is 2. The van der Waals surface area contributed by atoms with E-state index in [0.717, 1.165) is 79.5 Å². The molecule has 1 aromatic heterocycles. The van der Waals surface area contributed by atoms with E-state index in [-0.39, 0.29) is 12.1 Å². The Morgan fingerprint density at radius 2 is 1.97 bits per heavy atom. The molecule has 0 atom stereocenters. The second kappa shape index (κ2) is 11.8. The zero-order chi connectivity index (χ0) is 24.8. The number of hydrogen-bond acceptors (Lipinski definition) is 7. The second-order valence-electron chi connectivity index (χ2n) is 9.40. The number of aromatic nitrogens is 1. The van der Waals surface area contributed by atoms with Gasteiger partial charge in [0.05, 0.1) is 29.2 Å². The summed E-state index contributed by atoms with van der Waals surface area (Å²) in [6, 6.07) is 6.01. The maximum Gasteiger partial charge on any atom is 0.411 e. The summed E-state index contributed by atoms with van der Waals surface area (Å²) < 4.78 is 10.7. The lowest BCUT2D eigenvalue weighted by Crippen LogP contribution is -2.36. The van der Waals surface area contributed by atoms with E-state index in [0.29, 0.717) is 11.6 Å². The van der Waals surface area contributed by atoms with Crippen molar-refractivity contribution in [2.45, 2.75) is 64.1 Å². The van der Waals surface area contributed by atoms with E-state index >= 15 is 0 Å². The predicted molar refractivity (Wildman–Crippen MR) is 135 cm³/mol. The molecule has 2 fully saturated rings. The highest BCUT2D eigenvalue weighted by Gasteiger charge is 2.26. The van der Waals surface area contributed by atoms with Gasteiger partial charge in [-0.15, -0.1) is 11.3 Å². The Kier molecular flexibility index (Phi) is 8.59. The third-order valence-electron chi connectivity index (χ3n) is 6.39. The quantitative estimate of drug-likeness (QED) is 0.494. The molecular formula is C25H34N4O5S. The SMILES string of the molecule is CC(C)OC(=O)Nc1ccc(-c2cnc(C3CCC(NC(=O)O)CC3)s2)c(CN2CCOCC2)c1. The third kappa shape index (κ3) is 7.16. The smallest absolute Gasteiger partial charge is 0.411 e. The lowest BCUT2D eigenvalue weighted by Gasteiger charge is -2.27. The zero-order valence-corrected chi connectivity index (χ0v) is 21.1. The number of hydrogen-bond donors (Lipinski definition) is 3. The van der Waals surface area contributed by atoms with Gasteiger partial charge in [0.25, 0.3) is 0 Å². The first kappa shape index (κ1) is 25.4. The van der Waals surface area contributed by atoms with Crippen LogP contribution in [0.25, 0.3) is 10.4 Å². The molecule has 9 nitrogen and oxygen atoms in total. The maximum atomic E-state index is 12.1. The molecule has 1 aromatic carbocycles. The molecule has 190 valence electrons. The van der Waals surface area contributed by atoms with Gasteiger partial charge in [0.15, 0.2) is 0 Å². The molecule has 3 N–H and O–H groups in total. The summed E-state index contributed by atoms with van der Waals surface area (Å²) in [5, 5.41) is 15.5. The lowest BCUT2D eigenvalue weighted by atomic mass is 9.86. The molecule has 2 heterocycles. The number of amides is 2. The fourth-order valence-corrected chi connectivity index (χ4v) is 5.81. The summed E-state index contributed by atoms with van der Waals surface area (Å²) in [7, 11) is 0. The minimum absolute atomic E-state index is 0.0331. The summed E-state index contributed by atoms with van der Waals surface area (Å²) in [6.45, 7) is 7.58. The van der Waals surface area contributed by atoms with Crippen molar-refractivity contribution in [3.05, 3.63) is 35.0 Å². The number of carboxylic acid groups (broad SMARTS) is 1. The third-order valence-corrected chi connectivity index (χ3v) is 7.58. The van der Waals surface area contributed by atoms with Crippen LogP contribution in [-0.2, 0) is 16.0 Å². The number of ether oxygens (including phenoxy) is 2. The Morgan fingerprint density at radius 3 is 2.66 bits per heavy atom. The molecule has 2 aromatic rings. The van der Waals surface area contributed by atoms with E-state index in [1.807, 2.05) is 38.2 Å². The van der Waals surface area contributed by atoms with Crippen LogP contribution in [0.4, 0.5) is 15.3 Å². The molecule has 0 radical (unpaired) electrons. The fourth-order valence-electron chi connectivity index (χ4n) is 4.66. The molecule has 1 aliphatic heterocycles. The summed E-state index contributed by atoms with van der Waals surface area (Å²) in [5.74, 6) is 0.357. The number of nitrogens with zero attached hydrogens (tertiary/aromatic N) is 2. The number of benzene rings is 1. The Labute approximate surface area is 209 Å². The first-order chi connectivity index (χ1) is 16.9. The van der Waals surface area contributed by atoms with E-state index in [1.165, 1.54) is 0 Å². The van der Waals surface area contributed by atoms with E-state index in [1.54, 1.807) is 11.3 Å². The number of thiazole rings is 1. The van der Waals surface area contributed by atoms with Crippen molar-refractivity contribution in [1.82, 2.24) is 15.2 Å². The molecular weight excluding hydrogens is 468 g/mol. The van der Waals surface area contributed by atoms with Gasteiger partial charge in [-0.2, -0.15) is 0 Å². The average molecular weight is 503 g/mol. The lowest BCUT2D eigenvalue weighted by molar-refractivity contribution is 0.0342. The van der Waals surface area contributed by atoms with E-state index < -0.39 is 12.2 Å². The van der Waals surface area contributed by atoms with Crippen molar-refractivity contribution < 1.29 is 24.2 Å². The van der Waals surface area contributed by atoms with Crippen LogP contribution < -0.4 is 10.6 Å². The van der Waals surface area contributed by atoms with Crippen LogP contribution >= 0.6 is 11.3 Å². The van der Waals surface area contributed by atoms with E-state index in [9.17, 15) is 9.59 Å². The highest BCUT2D eigenvalue weighted by atomic mass is 32.1. The summed E-state index contributed by atoms with van der Waals surface area (Å²) in [6.07, 6.45) is 3.87. The molecule has 10 heteroatoms. The van der Waals surface area contributed by atoms with Crippen LogP contribution in [0.3, 0.4) is 0 Å². The van der Waals surface area contributed by atoms with E-state index in [2.05, 4.69) is 15.5 Å². The summed E-state index contributed by atoms with van der Waals surface area (Å²) in [5.41, 5.74) is 2.94. The van der Waals surface area contributed by atoms with Crippen molar-refractivity contribution >= 4 is 29.2 Å². The normalized spacial score (nSPS) is 21.0. The fraction of sp³-hybridized carbons (Fsp3) is 0.560. The maximum absolute atomic E-state index is 12.1. The molecule has 2 aliphatic rings. The standard InChI is InChI=1S/C25H34N4O5S/c1-16(2)34-25(32)28-20-7-8-21(18(13-20)15-29-9-11-33-12-10-29)22-14-26-23(35-22)17-3-5-19(6-4-17)27-24(30)31/h7-8,13-14,16-17,19,27H,3-6,9-12,15H2,1-2H3,(H,28,32)(H,30,31). The van der Waals surface area contributed by atoms with Crippen LogP contribution in [0.2, 0.25) is 0 Å². The van der Waals surface area contributed by atoms with Gasteiger partial charge in [0.1, 0.15) is 0 Å². The van der Waals surface area contributed by atoms with Gasteiger partial charge in [-0.3, -0.25) is 10.2 Å². The molecule has 35 heavy (non-hydrogen) atoms. The van der Waals surface area contributed by atoms with Crippen LogP contribution in [0.1, 0.15) is 56.0 Å². The van der Waals surface area contributed by atoms with Gasteiger partial charge < -0.3 is 19.9 Å². The van der Waals surface area contributed by atoms with Crippen molar-refractivity contribution in [2.24, 2.45) is 0 Å². The van der Waals surface area contributed by atoms with Gasteiger partial charge >= 0.3 is 12.2 Å². The number of rotatable bonds is 7. The first-order valence-corrected chi connectivity index (χ1v) is 13.0. The Morgan fingerprint density at radius 1 is 1.23 bits per heavy atom. The van der Waals surface area contributed by atoms with Crippen molar-refractivity contribution in [2.75, 3.05) is 31.6 Å². The van der Waals surface area contributed by atoms with Gasteiger partial charge in [-0.05, 0) is 62.8 Å². The molecule has 0 bridgehead atoms. The highest BCUT2D eigenvalue weighted by molar-refractivity contribution is 7.15. The molecule has 0 spiro atoms. The van der Waals surface area contributed by atoms with Gasteiger partial charge in [0.2, 0.25) is 0 Å². The predicted octanol–water partition coefficient (Wildman–Crippen LogP) is 4.89. The van der Waals surface area contributed by atoms with Gasteiger partial charge in [-0.1, -0.05) is 6.07 Å². The largest absolute Gasteiger partial charge is 0.465 e. The minimum Gasteiger partial charge on any atom is -0.465 e. The van der Waals surface area contributed by atoms with Crippen molar-refractivity contribution in [3.8, 4) is 10.4 Å². The van der Waals surface area contributed by atoms with Crippen molar-refractivity contribution in [3.63, 3.8) is 0 Å². The topological polar surface area (TPSA) is 113 Å². The Bertz CT molecular complexity index is 1010. The van der Waals surface area contributed by atoms with Gasteiger partial charge in [0, 0.05) is 43.5 Å². The Balaban J connectivity index is 1.51. The summed E-state index contributed by atoms with van der Waals surface area (Å²) in [4.78, 5) is 31.3. The molecule has 2 amide bonds. The minimum atomic E-state index is -0.951. The second-order valence-corrected chi connectivity index (χ2v) is 10.5. The van der Waals surface area contributed by atoms with Crippen LogP contribution in [0.15, 0.2) is 24.4 Å². The molecule has 1 aliphatic carbocycles. The van der Waals surface area contributed by atoms with Crippen LogP contribution in [-0.4, -0.2) is 65.6 Å². The first-order valence-electron chi connectivity index (χ1n) is 12.2. The monoisotopic (exact) mass is 502 g/mol. The van der Waals surface area contributed by atoms with Crippen LogP contribution in [0, 0.1) is 0 Å². The number of carbonyl (C=O) groups is 2. The van der Waals surface area contributed by atoms with E-state index in [4.69, 9.17) is 19.6 Å².